The second-order valence-corrected chi connectivity index (χ2v) is 5.41. The first-order valence-corrected chi connectivity index (χ1v) is 6.44. The van der Waals surface area contributed by atoms with Crippen molar-refractivity contribution in [3.05, 3.63) is 35.9 Å². The van der Waals surface area contributed by atoms with E-state index in [0.717, 1.165) is 5.56 Å². The summed E-state index contributed by atoms with van der Waals surface area (Å²) < 4.78 is 5.02. The number of nitrogens with zero attached hydrogens (tertiary/aromatic N) is 1. The highest BCUT2D eigenvalue weighted by Gasteiger charge is 2.30. The Bertz CT molecular complexity index is 480. The summed E-state index contributed by atoms with van der Waals surface area (Å²) in [6.45, 7) is 3.42. The van der Waals surface area contributed by atoms with Crippen molar-refractivity contribution < 1.29 is 14.6 Å². The molecule has 0 spiro atoms. The zero-order chi connectivity index (χ0) is 15.2. The summed E-state index contributed by atoms with van der Waals surface area (Å²) in [6.07, 6.45) is -1.11. The number of rotatable bonds is 6. The van der Waals surface area contributed by atoms with E-state index in [1.165, 1.54) is 0 Å². The van der Waals surface area contributed by atoms with Crippen molar-refractivity contribution >= 4 is 6.09 Å². The van der Waals surface area contributed by atoms with Gasteiger partial charge in [0, 0.05) is 5.92 Å². The molecule has 5 heteroatoms. The lowest BCUT2D eigenvalue weighted by atomic mass is 9.85. The van der Waals surface area contributed by atoms with E-state index in [2.05, 4.69) is 0 Å². The van der Waals surface area contributed by atoms with Gasteiger partial charge in [-0.1, -0.05) is 30.3 Å². The third-order valence-corrected chi connectivity index (χ3v) is 3.05. The summed E-state index contributed by atoms with van der Waals surface area (Å²) in [7, 11) is 0. The summed E-state index contributed by atoms with van der Waals surface area (Å²) in [5, 5.41) is 18.8. The van der Waals surface area contributed by atoms with Crippen molar-refractivity contribution in [3.8, 4) is 6.07 Å². The van der Waals surface area contributed by atoms with Crippen LogP contribution in [0.15, 0.2) is 30.3 Å². The van der Waals surface area contributed by atoms with Crippen LogP contribution in [0.5, 0.6) is 0 Å². The second-order valence-electron chi connectivity index (χ2n) is 5.41. The molecular formula is C15H20N2O3. The normalized spacial score (nSPS) is 14.1. The van der Waals surface area contributed by atoms with Gasteiger partial charge in [-0.2, -0.15) is 5.26 Å². The molecule has 1 amide bonds. The van der Waals surface area contributed by atoms with Crippen LogP contribution < -0.4 is 5.73 Å². The van der Waals surface area contributed by atoms with Gasteiger partial charge >= 0.3 is 6.09 Å². The van der Waals surface area contributed by atoms with E-state index >= 15 is 0 Å². The number of aliphatic hydroxyl groups excluding tert-OH is 1. The van der Waals surface area contributed by atoms with Crippen molar-refractivity contribution in [2.75, 3.05) is 0 Å². The van der Waals surface area contributed by atoms with E-state index in [0.29, 0.717) is 12.8 Å². The number of nitriles is 1. The molecule has 0 bridgehead atoms. The fraction of sp³-hybridized carbons (Fsp3) is 0.467. The van der Waals surface area contributed by atoms with Crippen LogP contribution >= 0.6 is 0 Å². The molecule has 0 aliphatic heterocycles. The molecule has 108 valence electrons. The van der Waals surface area contributed by atoms with Crippen LogP contribution in [0.1, 0.15) is 25.8 Å². The van der Waals surface area contributed by atoms with Gasteiger partial charge in [-0.15, -0.1) is 0 Å². The van der Waals surface area contributed by atoms with E-state index in [-0.39, 0.29) is 5.92 Å². The number of nitrogens with two attached hydrogens (primary N) is 1. The topological polar surface area (TPSA) is 96.3 Å². The van der Waals surface area contributed by atoms with Crippen LogP contribution in [-0.2, 0) is 11.2 Å². The first-order chi connectivity index (χ1) is 9.34. The number of carbonyl (C=O) groups is 1. The zero-order valence-corrected chi connectivity index (χ0v) is 11.7. The smallest absolute Gasteiger partial charge is 0.405 e. The zero-order valence-electron chi connectivity index (χ0n) is 11.7. The molecule has 0 fully saturated rings. The molecule has 0 saturated carbocycles. The third kappa shape index (κ3) is 5.29. The van der Waals surface area contributed by atoms with Gasteiger partial charge in [0.25, 0.3) is 0 Å². The maximum Gasteiger partial charge on any atom is 0.405 e. The molecule has 0 aliphatic rings. The predicted molar refractivity (Wildman–Crippen MR) is 74.6 cm³/mol. The summed E-state index contributed by atoms with van der Waals surface area (Å²) >= 11 is 0. The van der Waals surface area contributed by atoms with Crippen LogP contribution in [0, 0.1) is 17.2 Å². The summed E-state index contributed by atoms with van der Waals surface area (Å²) in [4.78, 5) is 10.9. The lowest BCUT2D eigenvalue weighted by Gasteiger charge is -2.29. The highest BCUT2D eigenvalue weighted by molar-refractivity contribution is 5.65. The quantitative estimate of drug-likeness (QED) is 0.776. The number of carbonyl (C=O) groups excluding carboxylic acids is 1. The Morgan fingerprint density at radius 1 is 1.45 bits per heavy atom. The number of hydrogen-bond acceptors (Lipinski definition) is 4. The largest absolute Gasteiger partial charge is 0.444 e. The van der Waals surface area contributed by atoms with Crippen molar-refractivity contribution in [2.45, 2.75) is 38.4 Å². The summed E-state index contributed by atoms with van der Waals surface area (Å²) in [5.41, 5.74) is 5.21. The molecular weight excluding hydrogens is 256 g/mol. The van der Waals surface area contributed by atoms with Gasteiger partial charge in [-0.25, -0.2) is 4.79 Å². The fourth-order valence-electron chi connectivity index (χ4n) is 2.26. The number of hydrogen-bond donors (Lipinski definition) is 2. The number of primary amides is 1. The van der Waals surface area contributed by atoms with Gasteiger partial charge in [-0.05, 0) is 32.3 Å². The lowest BCUT2D eigenvalue weighted by molar-refractivity contribution is 0.0102. The maximum absolute atomic E-state index is 10.9. The van der Waals surface area contributed by atoms with Gasteiger partial charge in [-0.3, -0.25) is 0 Å². The first kappa shape index (κ1) is 16.0. The average molecular weight is 276 g/mol. The Balaban J connectivity index is 2.80. The van der Waals surface area contributed by atoms with Crippen molar-refractivity contribution in [3.63, 3.8) is 0 Å². The van der Waals surface area contributed by atoms with Crippen molar-refractivity contribution in [1.82, 2.24) is 0 Å². The Hall–Kier alpha value is -2.06. The molecule has 3 N–H and O–H groups in total. The first-order valence-electron chi connectivity index (χ1n) is 6.44. The van der Waals surface area contributed by atoms with Crippen molar-refractivity contribution in [2.24, 2.45) is 11.7 Å². The molecule has 2 atom stereocenters. The van der Waals surface area contributed by atoms with Crippen molar-refractivity contribution in [1.29, 1.82) is 5.26 Å². The molecule has 1 aromatic carbocycles. The van der Waals surface area contributed by atoms with Gasteiger partial charge in [0.2, 0.25) is 0 Å². The molecule has 0 saturated heterocycles. The number of aliphatic hydroxyl groups is 1. The second kappa shape index (κ2) is 6.92. The van der Waals surface area contributed by atoms with Gasteiger partial charge in [0.05, 0.1) is 6.07 Å². The lowest BCUT2D eigenvalue weighted by Crippen LogP contribution is -2.36. The molecule has 1 rings (SSSR count). The van der Waals surface area contributed by atoms with Gasteiger partial charge in [0.1, 0.15) is 11.7 Å². The Morgan fingerprint density at radius 2 is 2.05 bits per heavy atom. The Kier molecular flexibility index (Phi) is 5.53. The average Bonchev–Trinajstić information content (AvgIpc) is 2.36. The molecule has 0 heterocycles. The molecule has 0 aromatic heterocycles. The van der Waals surface area contributed by atoms with Crippen LogP contribution in [0.3, 0.4) is 0 Å². The Labute approximate surface area is 119 Å². The molecule has 1 unspecified atom stereocenters. The number of benzene rings is 1. The SMILES string of the molecule is CC(C)(CC(Cc1ccccc1)[C@H](O)C#N)OC(N)=O. The van der Waals surface area contributed by atoms with E-state index in [1.54, 1.807) is 13.8 Å². The molecule has 20 heavy (non-hydrogen) atoms. The molecule has 0 aliphatic carbocycles. The fourth-order valence-corrected chi connectivity index (χ4v) is 2.26. The molecule has 1 aromatic rings. The summed E-state index contributed by atoms with van der Waals surface area (Å²) in [5.74, 6) is -0.336. The van der Waals surface area contributed by atoms with E-state index in [9.17, 15) is 9.90 Å². The van der Waals surface area contributed by atoms with E-state index < -0.39 is 17.8 Å². The van der Waals surface area contributed by atoms with E-state index in [1.807, 2.05) is 36.4 Å². The maximum atomic E-state index is 10.9. The number of ether oxygens (including phenoxy) is 1. The van der Waals surface area contributed by atoms with Crippen LogP contribution in [0.4, 0.5) is 4.79 Å². The van der Waals surface area contributed by atoms with Gasteiger partial charge < -0.3 is 15.6 Å². The van der Waals surface area contributed by atoms with Crippen LogP contribution in [-0.4, -0.2) is 22.9 Å². The highest BCUT2D eigenvalue weighted by atomic mass is 16.6. The minimum atomic E-state index is -1.12. The number of amides is 1. The van der Waals surface area contributed by atoms with Crippen LogP contribution in [0.2, 0.25) is 0 Å². The minimum absolute atomic E-state index is 0.336. The minimum Gasteiger partial charge on any atom is -0.444 e. The van der Waals surface area contributed by atoms with Crippen LogP contribution in [0.25, 0.3) is 0 Å². The summed E-state index contributed by atoms with van der Waals surface area (Å²) in [6, 6.07) is 11.4. The third-order valence-electron chi connectivity index (χ3n) is 3.05. The monoisotopic (exact) mass is 276 g/mol. The molecule has 0 radical (unpaired) electrons. The van der Waals surface area contributed by atoms with Gasteiger partial charge in [0.15, 0.2) is 0 Å². The highest BCUT2D eigenvalue weighted by Crippen LogP contribution is 2.26. The van der Waals surface area contributed by atoms with E-state index in [4.69, 9.17) is 15.7 Å². The molecule has 5 nitrogen and oxygen atoms in total. The Morgan fingerprint density at radius 3 is 2.55 bits per heavy atom. The predicted octanol–water partition coefficient (Wildman–Crippen LogP) is 1.99. The standard InChI is InChI=1S/C15H20N2O3/c1-15(2,20-14(17)19)9-12(13(18)10-16)8-11-6-4-3-5-7-11/h3-7,12-13,18H,8-9H2,1-2H3,(H2,17,19)/t12?,13-/m1/s1.